The molecular weight excluding hydrogens is 204 g/mol. The molecule has 0 bridgehead atoms. The lowest BCUT2D eigenvalue weighted by Crippen LogP contribution is -2.38. The molecular formula is C9H12O6. The summed E-state index contributed by atoms with van der Waals surface area (Å²) in [4.78, 5) is 11.2. The number of esters is 1. The van der Waals surface area contributed by atoms with Gasteiger partial charge in [0.05, 0.1) is 7.11 Å². The number of hydrogen-bond donors (Lipinski definition) is 3. The van der Waals surface area contributed by atoms with Crippen molar-refractivity contribution in [2.75, 3.05) is 14.2 Å². The quantitative estimate of drug-likeness (QED) is 0.449. The average molecular weight is 216 g/mol. The molecule has 1 unspecified atom stereocenters. The molecule has 0 fully saturated rings. The zero-order valence-electron chi connectivity index (χ0n) is 8.35. The molecule has 6 nitrogen and oxygen atoms in total. The van der Waals surface area contributed by atoms with Gasteiger partial charge in [-0.2, -0.15) is 0 Å². The van der Waals surface area contributed by atoms with Crippen molar-refractivity contribution in [2.45, 2.75) is 12.2 Å². The van der Waals surface area contributed by atoms with Crippen molar-refractivity contribution in [1.82, 2.24) is 0 Å². The van der Waals surface area contributed by atoms with Crippen LogP contribution in [0.5, 0.6) is 0 Å². The fraction of sp³-hybridized carbons (Fsp3) is 0.444. The minimum atomic E-state index is -2.08. The van der Waals surface area contributed by atoms with E-state index in [1.807, 2.05) is 0 Å². The van der Waals surface area contributed by atoms with E-state index in [1.165, 1.54) is 7.11 Å². The van der Waals surface area contributed by atoms with Gasteiger partial charge in [0, 0.05) is 19.1 Å². The van der Waals surface area contributed by atoms with E-state index in [2.05, 4.69) is 9.47 Å². The highest BCUT2D eigenvalue weighted by Gasteiger charge is 2.40. The maximum absolute atomic E-state index is 11.2. The van der Waals surface area contributed by atoms with Crippen LogP contribution in [0, 0.1) is 0 Å². The first kappa shape index (κ1) is 11.5. The predicted octanol–water partition coefficient (Wildman–Crippen LogP) is 0.152. The molecule has 0 aliphatic heterocycles. The molecule has 1 aliphatic rings. The minimum Gasteiger partial charge on any atom is -0.504 e. The van der Waals surface area contributed by atoms with Crippen LogP contribution in [-0.2, 0) is 14.3 Å². The van der Waals surface area contributed by atoms with Crippen LogP contribution in [0.2, 0.25) is 0 Å². The molecule has 84 valence electrons. The van der Waals surface area contributed by atoms with Gasteiger partial charge in [0.15, 0.2) is 11.5 Å². The van der Waals surface area contributed by atoms with Gasteiger partial charge in [0.25, 0.3) is 0 Å². The van der Waals surface area contributed by atoms with E-state index < -0.39 is 23.3 Å². The zero-order valence-corrected chi connectivity index (χ0v) is 8.35. The highest BCUT2D eigenvalue weighted by Crippen LogP contribution is 2.31. The summed E-state index contributed by atoms with van der Waals surface area (Å²) in [5, 5.41) is 28.3. The van der Waals surface area contributed by atoms with Gasteiger partial charge in [-0.05, 0) is 6.08 Å². The molecule has 1 rings (SSSR count). The van der Waals surface area contributed by atoms with Crippen molar-refractivity contribution in [3.8, 4) is 0 Å². The van der Waals surface area contributed by atoms with Crippen molar-refractivity contribution in [3.63, 3.8) is 0 Å². The van der Waals surface area contributed by atoms with Gasteiger partial charge in [-0.15, -0.1) is 0 Å². The highest BCUT2D eigenvalue weighted by molar-refractivity contribution is 5.89. The van der Waals surface area contributed by atoms with Gasteiger partial charge in [0.2, 0.25) is 5.79 Å². The zero-order chi connectivity index (χ0) is 11.6. The number of aliphatic hydroxyl groups excluding tert-OH is 2. The Balaban J connectivity index is 3.09. The Hall–Kier alpha value is -1.53. The summed E-state index contributed by atoms with van der Waals surface area (Å²) in [7, 11) is 2.31. The average Bonchev–Trinajstić information content (AvgIpc) is 2.24. The molecule has 0 aromatic carbocycles. The maximum Gasteiger partial charge on any atom is 0.334 e. The van der Waals surface area contributed by atoms with E-state index in [9.17, 15) is 20.1 Å². The third-order valence-corrected chi connectivity index (χ3v) is 2.14. The van der Waals surface area contributed by atoms with Crippen LogP contribution >= 0.6 is 0 Å². The lowest BCUT2D eigenvalue weighted by molar-refractivity contribution is -0.181. The Bertz CT molecular complexity index is 343. The van der Waals surface area contributed by atoms with E-state index in [0.717, 1.165) is 13.2 Å². The lowest BCUT2D eigenvalue weighted by Gasteiger charge is -2.29. The summed E-state index contributed by atoms with van der Waals surface area (Å²) >= 11 is 0. The summed E-state index contributed by atoms with van der Waals surface area (Å²) in [5.74, 6) is -4.13. The fourth-order valence-corrected chi connectivity index (χ4v) is 1.26. The van der Waals surface area contributed by atoms with Crippen molar-refractivity contribution < 1.29 is 29.6 Å². The molecule has 6 heteroatoms. The summed E-state index contributed by atoms with van der Waals surface area (Å²) in [6, 6.07) is 0. The Morgan fingerprint density at radius 2 is 2.07 bits per heavy atom. The molecule has 1 aliphatic carbocycles. The van der Waals surface area contributed by atoms with E-state index in [0.29, 0.717) is 0 Å². The van der Waals surface area contributed by atoms with Gasteiger partial charge >= 0.3 is 5.97 Å². The van der Waals surface area contributed by atoms with Crippen LogP contribution in [0.15, 0.2) is 23.2 Å². The first-order valence-electron chi connectivity index (χ1n) is 4.13. The largest absolute Gasteiger partial charge is 0.504 e. The van der Waals surface area contributed by atoms with E-state index in [4.69, 9.17) is 0 Å². The van der Waals surface area contributed by atoms with Crippen molar-refractivity contribution in [1.29, 1.82) is 0 Å². The van der Waals surface area contributed by atoms with Crippen LogP contribution in [0.25, 0.3) is 0 Å². The van der Waals surface area contributed by atoms with Gasteiger partial charge in [-0.3, -0.25) is 0 Å². The van der Waals surface area contributed by atoms with E-state index >= 15 is 0 Å². The lowest BCUT2D eigenvalue weighted by atomic mass is 9.96. The number of hydrogen-bond acceptors (Lipinski definition) is 6. The summed E-state index contributed by atoms with van der Waals surface area (Å²) in [5.41, 5.74) is 0.0113. The third kappa shape index (κ3) is 1.95. The minimum absolute atomic E-state index is 0.0113. The second-order valence-corrected chi connectivity index (χ2v) is 3.06. The van der Waals surface area contributed by atoms with Crippen molar-refractivity contribution in [3.05, 3.63) is 23.2 Å². The Kier molecular flexibility index (Phi) is 3.01. The third-order valence-electron chi connectivity index (χ3n) is 2.14. The van der Waals surface area contributed by atoms with Crippen LogP contribution in [0.4, 0.5) is 0 Å². The van der Waals surface area contributed by atoms with Gasteiger partial charge < -0.3 is 24.8 Å². The molecule has 1 atom stereocenters. The first-order valence-corrected chi connectivity index (χ1v) is 4.13. The van der Waals surface area contributed by atoms with Gasteiger partial charge in [-0.1, -0.05) is 0 Å². The second kappa shape index (κ2) is 3.92. The first-order chi connectivity index (χ1) is 6.94. The SMILES string of the molecule is COC(=O)C1=CC(O)=C(O)C(O)(OC)C1. The number of carbonyl (C=O) groups is 1. The highest BCUT2D eigenvalue weighted by atomic mass is 16.6. The Morgan fingerprint density at radius 3 is 2.53 bits per heavy atom. The monoisotopic (exact) mass is 216 g/mol. The second-order valence-electron chi connectivity index (χ2n) is 3.06. The number of rotatable bonds is 2. The molecule has 15 heavy (non-hydrogen) atoms. The molecule has 0 saturated heterocycles. The fourth-order valence-electron chi connectivity index (χ4n) is 1.26. The van der Waals surface area contributed by atoms with Crippen LogP contribution in [-0.4, -0.2) is 41.3 Å². The Morgan fingerprint density at radius 1 is 1.47 bits per heavy atom. The van der Waals surface area contributed by atoms with Crippen molar-refractivity contribution >= 4 is 5.97 Å². The maximum atomic E-state index is 11.2. The molecule has 0 radical (unpaired) electrons. The van der Waals surface area contributed by atoms with Crippen LogP contribution in [0.3, 0.4) is 0 Å². The summed E-state index contributed by atoms with van der Waals surface area (Å²) < 4.78 is 9.05. The normalized spacial score (nSPS) is 26.2. The molecule has 0 saturated carbocycles. The smallest absolute Gasteiger partial charge is 0.334 e. The predicted molar refractivity (Wildman–Crippen MR) is 49.0 cm³/mol. The van der Waals surface area contributed by atoms with Crippen molar-refractivity contribution in [2.24, 2.45) is 0 Å². The summed E-state index contributed by atoms with van der Waals surface area (Å²) in [6.45, 7) is 0. The standard InChI is InChI=1S/C9H12O6/c1-14-8(12)5-3-6(10)7(11)9(13,4-5)15-2/h3,10-11,13H,4H2,1-2H3. The number of methoxy groups -OCH3 is 2. The molecule has 3 N–H and O–H groups in total. The molecule has 0 aromatic rings. The number of allylic oxidation sites excluding steroid dienone is 1. The van der Waals surface area contributed by atoms with Gasteiger partial charge in [-0.25, -0.2) is 4.79 Å². The van der Waals surface area contributed by atoms with E-state index in [-0.39, 0.29) is 12.0 Å². The number of carbonyl (C=O) groups excluding carboxylic acids is 1. The van der Waals surface area contributed by atoms with E-state index in [1.54, 1.807) is 0 Å². The Labute approximate surface area is 86.0 Å². The molecule has 0 heterocycles. The number of aliphatic hydroxyl groups is 3. The van der Waals surface area contributed by atoms with Crippen LogP contribution in [0.1, 0.15) is 6.42 Å². The molecule has 0 spiro atoms. The molecule has 0 aromatic heterocycles. The topological polar surface area (TPSA) is 96.2 Å². The van der Waals surface area contributed by atoms with Crippen LogP contribution < -0.4 is 0 Å². The van der Waals surface area contributed by atoms with Gasteiger partial charge in [0.1, 0.15) is 0 Å². The summed E-state index contributed by atoms with van der Waals surface area (Å²) in [6.07, 6.45) is 0.737. The number of ether oxygens (including phenoxy) is 2. The molecule has 0 amide bonds.